The highest BCUT2D eigenvalue weighted by molar-refractivity contribution is 5.98. The van der Waals surface area contributed by atoms with Gasteiger partial charge in [-0.3, -0.25) is 81.4 Å². The number of fused-ring (bicyclic) bond motifs is 3. The number of hydrogen-bond donors (Lipinski definition) is 14. The van der Waals surface area contributed by atoms with E-state index in [1.807, 2.05) is 4.90 Å². The minimum Gasteiger partial charge on any atom is -0.477 e. The molecule has 6 aromatic heterocycles. The third-order valence-electron chi connectivity index (χ3n) is 18.5. The van der Waals surface area contributed by atoms with Gasteiger partial charge < -0.3 is 55.6 Å². The summed E-state index contributed by atoms with van der Waals surface area (Å²) in [7, 11) is 0. The number of carbonyl (C=O) groups is 2. The molecule has 0 aliphatic carbocycles. The van der Waals surface area contributed by atoms with Gasteiger partial charge in [-0.2, -0.15) is 0 Å². The summed E-state index contributed by atoms with van der Waals surface area (Å²) in [4.78, 5) is 87.9. The fourth-order valence-corrected chi connectivity index (χ4v) is 12.8. The molecule has 574 valence electrons. The SMILES string of the molecule is Cc1cn(-c2ccc(F)cc2F)c2nc(N3CCN(C(=N)NC(=N)NCCN(CCNC(=N)NC(=N)N4CCN(c5nc6c(cc5F)c(=O)c(C(=O)O)cn6-c5ccc(F)cc5F)CC4)CCNC(=N)NC(=N)N4CCN(c5nc6c(cc5F)c(=O)c(C(=O)O)cn6-c5ccc(F)cc5F)CC4)CC3)c(F)cc2c1=O. The molecule has 0 bridgehead atoms. The van der Waals surface area contributed by atoms with Gasteiger partial charge in [0.1, 0.15) is 46.0 Å². The van der Waals surface area contributed by atoms with Crippen LogP contribution in [0.4, 0.5) is 57.0 Å². The highest BCUT2D eigenvalue weighted by Crippen LogP contribution is 2.30. The molecule has 3 aliphatic rings. The van der Waals surface area contributed by atoms with Gasteiger partial charge in [-0.15, -0.1) is 0 Å². The molecule has 3 aromatic carbocycles. The van der Waals surface area contributed by atoms with E-state index < -0.39 is 102 Å². The first kappa shape index (κ1) is 76.3. The third kappa shape index (κ3) is 16.3. The number of carboxylic acid groups (broad SMARTS) is 2. The topological polar surface area (TPSA) is 417 Å². The van der Waals surface area contributed by atoms with Gasteiger partial charge in [0.25, 0.3) is 0 Å². The molecule has 41 heteroatoms. The zero-order chi connectivity index (χ0) is 78.7. The Hall–Kier alpha value is -13.4. The Morgan fingerprint density at radius 3 is 0.973 bits per heavy atom. The largest absolute Gasteiger partial charge is 0.477 e. The number of aromatic nitrogens is 6. The highest BCUT2D eigenvalue weighted by atomic mass is 19.2. The van der Waals surface area contributed by atoms with Crippen molar-refractivity contribution in [2.24, 2.45) is 0 Å². The Morgan fingerprint density at radius 2 is 0.691 bits per heavy atom. The molecule has 12 rings (SSSR count). The van der Waals surface area contributed by atoms with Crippen LogP contribution in [0.3, 0.4) is 0 Å². The molecule has 9 heterocycles. The van der Waals surface area contributed by atoms with E-state index in [1.165, 1.54) is 33.6 Å². The Labute approximate surface area is 615 Å². The first-order chi connectivity index (χ1) is 52.5. The lowest BCUT2D eigenvalue weighted by Gasteiger charge is -2.37. The van der Waals surface area contributed by atoms with Gasteiger partial charge in [0.15, 0.2) is 93.0 Å². The van der Waals surface area contributed by atoms with E-state index in [-0.39, 0.29) is 216 Å². The summed E-state index contributed by atoms with van der Waals surface area (Å²) in [6.45, 7) is 3.37. The van der Waals surface area contributed by atoms with E-state index in [0.717, 1.165) is 70.1 Å². The Morgan fingerprint density at radius 1 is 0.409 bits per heavy atom. The molecule has 0 spiro atoms. The van der Waals surface area contributed by atoms with Crippen molar-refractivity contribution in [1.82, 2.24) is 80.2 Å². The molecule has 110 heavy (non-hydrogen) atoms. The Balaban J connectivity index is 0.653. The zero-order valence-electron chi connectivity index (χ0n) is 58.0. The van der Waals surface area contributed by atoms with Crippen LogP contribution in [0.5, 0.6) is 0 Å². The number of rotatable bonds is 17. The van der Waals surface area contributed by atoms with Crippen molar-refractivity contribution in [1.29, 1.82) is 32.5 Å². The molecule has 0 unspecified atom stereocenters. The van der Waals surface area contributed by atoms with Crippen LogP contribution in [-0.2, 0) is 0 Å². The summed E-state index contributed by atoms with van der Waals surface area (Å²) in [6, 6.07) is 10.4. The number of aryl methyl sites for hydroxylation is 1. The number of anilines is 3. The van der Waals surface area contributed by atoms with E-state index in [2.05, 4.69) is 46.9 Å². The van der Waals surface area contributed by atoms with E-state index in [4.69, 9.17) is 32.5 Å². The smallest absolute Gasteiger partial charge is 0.341 e. The van der Waals surface area contributed by atoms with Gasteiger partial charge in [-0.1, -0.05) is 0 Å². The van der Waals surface area contributed by atoms with Gasteiger partial charge in [0, 0.05) is 160 Å². The summed E-state index contributed by atoms with van der Waals surface area (Å²) in [5.74, 6) is -14.3. The van der Waals surface area contributed by atoms with Crippen LogP contribution < -0.4 is 62.9 Å². The molecule has 0 amide bonds. The van der Waals surface area contributed by atoms with E-state index >= 15 is 26.3 Å². The minimum atomic E-state index is -1.68. The average Bonchev–Trinajstić information content (AvgIpc) is 0.765. The molecule has 9 aromatic rings. The molecule has 3 fully saturated rings. The number of carboxylic acids is 2. The lowest BCUT2D eigenvalue weighted by atomic mass is 10.1. The summed E-state index contributed by atoms with van der Waals surface area (Å²) in [6.07, 6.45) is 2.97. The zero-order valence-corrected chi connectivity index (χ0v) is 58.0. The number of benzene rings is 3. The van der Waals surface area contributed by atoms with Crippen LogP contribution >= 0.6 is 0 Å². The van der Waals surface area contributed by atoms with Crippen molar-refractivity contribution >= 4 is 98.2 Å². The van der Waals surface area contributed by atoms with Crippen LogP contribution in [0.1, 0.15) is 26.3 Å². The van der Waals surface area contributed by atoms with Crippen molar-refractivity contribution in [2.75, 3.05) is 133 Å². The minimum absolute atomic E-state index is 0.0401. The average molecular weight is 1530 g/mol. The van der Waals surface area contributed by atoms with Gasteiger partial charge >= 0.3 is 11.9 Å². The second kappa shape index (κ2) is 32.0. The van der Waals surface area contributed by atoms with Crippen LogP contribution in [0.2, 0.25) is 0 Å². The first-order valence-electron chi connectivity index (χ1n) is 33.8. The quantitative estimate of drug-likeness (QED) is 0.0348. The first-order valence-corrected chi connectivity index (χ1v) is 33.8. The van der Waals surface area contributed by atoms with E-state index in [0.29, 0.717) is 18.2 Å². The fourth-order valence-electron chi connectivity index (χ4n) is 12.8. The van der Waals surface area contributed by atoms with Crippen molar-refractivity contribution in [3.05, 3.63) is 191 Å². The maximum atomic E-state index is 15.9. The van der Waals surface area contributed by atoms with E-state index in [1.54, 1.807) is 19.6 Å². The third-order valence-corrected chi connectivity index (χ3v) is 18.5. The predicted octanol–water partition coefficient (Wildman–Crippen LogP) is 3.96. The molecule has 0 radical (unpaired) electrons. The monoisotopic (exact) mass is 1530 g/mol. The molecular formula is C69H68F9N25O7. The number of hydrogen-bond acceptors (Lipinski definition) is 18. The molecule has 32 nitrogen and oxygen atoms in total. The van der Waals surface area contributed by atoms with Crippen LogP contribution in [0.15, 0.2) is 106 Å². The Kier molecular flexibility index (Phi) is 22.2. The number of guanidine groups is 6. The molecule has 0 atom stereocenters. The van der Waals surface area contributed by atoms with Crippen molar-refractivity contribution < 1.29 is 59.3 Å². The molecule has 0 saturated carbocycles. The number of pyridine rings is 6. The van der Waals surface area contributed by atoms with Gasteiger partial charge in [0.2, 0.25) is 10.9 Å². The lowest BCUT2D eigenvalue weighted by Crippen LogP contribution is -2.56. The lowest BCUT2D eigenvalue weighted by molar-refractivity contribution is 0.0684. The van der Waals surface area contributed by atoms with Gasteiger partial charge in [-0.05, 0) is 61.5 Å². The normalized spacial score (nSPS) is 14.0. The van der Waals surface area contributed by atoms with Crippen molar-refractivity contribution in [3.63, 3.8) is 0 Å². The van der Waals surface area contributed by atoms with Gasteiger partial charge in [-0.25, -0.2) is 64.1 Å². The maximum Gasteiger partial charge on any atom is 0.341 e. The van der Waals surface area contributed by atoms with Crippen LogP contribution in [-0.4, -0.2) is 224 Å². The van der Waals surface area contributed by atoms with Crippen molar-refractivity contribution in [3.8, 4) is 17.1 Å². The van der Waals surface area contributed by atoms with Crippen LogP contribution in [0.25, 0.3) is 50.2 Å². The van der Waals surface area contributed by atoms with Gasteiger partial charge in [0.05, 0.1) is 33.2 Å². The summed E-state index contributed by atoms with van der Waals surface area (Å²) in [5.41, 5.74) is -5.74. The molecule has 14 N–H and O–H groups in total. The number of nitrogens with zero attached hydrogens (tertiary/aromatic N) is 13. The number of halogens is 9. The molecule has 3 aliphatic heterocycles. The van der Waals surface area contributed by atoms with E-state index in [9.17, 15) is 47.4 Å². The molecular weight excluding hydrogens is 1460 g/mol. The Bertz CT molecular complexity index is 5230. The fraction of sp³-hybridized carbons (Fsp3) is 0.275. The predicted molar refractivity (Wildman–Crippen MR) is 388 cm³/mol. The maximum absolute atomic E-state index is 15.9. The summed E-state index contributed by atoms with van der Waals surface area (Å²) >= 11 is 0. The summed E-state index contributed by atoms with van der Waals surface area (Å²) < 4.78 is 138. The number of nitrogens with one attached hydrogen (secondary N) is 12. The second-order valence-corrected chi connectivity index (χ2v) is 25.5. The highest BCUT2D eigenvalue weighted by Gasteiger charge is 2.31. The number of piperazine rings is 3. The second-order valence-electron chi connectivity index (χ2n) is 25.5. The standard InChI is InChI=1S/C69H68F9N25O7/c1-35-32-101(50-5-2-36(70)26-44(50)73)56-39(53(35)104)29-47(76)59(88-56)95-14-20-98(21-15-95)67(82)91-64(79)85-8-11-94(12-9-86-65(80)92-68(83)99-22-16-96(17-23-99)60-48(77)30-40-54(105)42(62(107)108)33-102(57(40)89-60)51-6-3-37(71)27-45(51)74)13-10-87-66(81)93-69(84)100-24-18-97(19-25-100)61-49(78)31-41-55(106)43(63(109)110)34-103(58(41)90-61)52-7-4-38(72)28-46(52)75/h2-7,26-34H,8-25H2,1H3,(H,107,108)(H,109,110)(H4,79,82,85,91)(H4,80,83,86,92)(H4,81,84,87,93). The number of aromatic carboxylic acids is 2. The summed E-state index contributed by atoms with van der Waals surface area (Å²) in [5, 5.41) is 87.7. The molecule has 3 saturated heterocycles. The van der Waals surface area contributed by atoms with Crippen molar-refractivity contribution in [2.45, 2.75) is 6.92 Å². The van der Waals surface area contributed by atoms with Crippen LogP contribution in [0, 0.1) is 91.7 Å².